The molecule has 0 amide bonds. The van der Waals surface area contributed by atoms with Gasteiger partial charge in [-0.1, -0.05) is 6.07 Å². The fraction of sp³-hybridized carbons (Fsp3) is 0.111. The van der Waals surface area contributed by atoms with Crippen LogP contribution in [0.5, 0.6) is 16.7 Å². The summed E-state index contributed by atoms with van der Waals surface area (Å²) in [6.07, 6.45) is 1.43. The van der Waals surface area contributed by atoms with Crippen LogP contribution in [0.2, 0.25) is 0 Å². The van der Waals surface area contributed by atoms with E-state index in [0.29, 0.717) is 16.5 Å². The third kappa shape index (κ3) is 1.67. The van der Waals surface area contributed by atoms with Gasteiger partial charge in [-0.25, -0.2) is 0 Å². The Labute approximate surface area is 85.0 Å². The molecular weight excluding hydrogens is 200 g/mol. The molecule has 0 aliphatic carbocycles. The summed E-state index contributed by atoms with van der Waals surface area (Å²) >= 11 is 1.17. The molecule has 2 aromatic rings. The summed E-state index contributed by atoms with van der Waals surface area (Å²) in [7, 11) is 0. The number of nitrogens with zero attached hydrogens (tertiary/aromatic N) is 2. The molecule has 1 aromatic heterocycles. The largest absolute Gasteiger partial charge is 0.508 e. The van der Waals surface area contributed by atoms with Crippen molar-refractivity contribution in [2.24, 2.45) is 0 Å². The van der Waals surface area contributed by atoms with Crippen molar-refractivity contribution in [3.05, 3.63) is 30.1 Å². The number of ether oxygens (including phenoxy) is 1. The fourth-order valence-corrected chi connectivity index (χ4v) is 1.42. The quantitative estimate of drug-likeness (QED) is 0.823. The van der Waals surface area contributed by atoms with Crippen LogP contribution in [0.15, 0.2) is 24.5 Å². The van der Waals surface area contributed by atoms with Crippen molar-refractivity contribution in [2.45, 2.75) is 6.92 Å². The minimum Gasteiger partial charge on any atom is -0.508 e. The lowest BCUT2D eigenvalue weighted by Gasteiger charge is -2.05. The molecule has 4 nitrogen and oxygen atoms in total. The highest BCUT2D eigenvalue weighted by atomic mass is 32.1. The molecule has 0 saturated carbocycles. The molecule has 0 spiro atoms. The predicted octanol–water partition coefficient (Wildman–Crippen LogP) is 2.34. The third-order valence-electron chi connectivity index (χ3n) is 1.79. The van der Waals surface area contributed by atoms with Gasteiger partial charge >= 0.3 is 0 Å². The van der Waals surface area contributed by atoms with E-state index in [-0.39, 0.29) is 5.75 Å². The van der Waals surface area contributed by atoms with Crippen LogP contribution in [0.1, 0.15) is 5.56 Å². The summed E-state index contributed by atoms with van der Waals surface area (Å²) in [5.41, 5.74) is 0.697. The summed E-state index contributed by atoms with van der Waals surface area (Å²) in [5, 5.41) is 9.89. The second-order valence-electron chi connectivity index (χ2n) is 2.71. The summed E-state index contributed by atoms with van der Waals surface area (Å²) in [6, 6.07) is 5.11. The highest BCUT2D eigenvalue weighted by molar-refractivity contribution is 7.07. The first-order chi connectivity index (χ1) is 6.77. The van der Waals surface area contributed by atoms with E-state index in [4.69, 9.17) is 4.74 Å². The van der Waals surface area contributed by atoms with Crippen molar-refractivity contribution < 1.29 is 9.84 Å². The molecule has 72 valence electrons. The van der Waals surface area contributed by atoms with Crippen LogP contribution in [0, 0.1) is 6.92 Å². The van der Waals surface area contributed by atoms with Gasteiger partial charge in [0.15, 0.2) is 0 Å². The van der Waals surface area contributed by atoms with Crippen molar-refractivity contribution >= 4 is 11.5 Å². The van der Waals surface area contributed by atoms with E-state index in [1.807, 2.05) is 0 Å². The van der Waals surface area contributed by atoms with Crippen LogP contribution in [-0.4, -0.2) is 14.5 Å². The molecule has 0 atom stereocenters. The van der Waals surface area contributed by atoms with Gasteiger partial charge in [0.05, 0.1) is 0 Å². The molecule has 2 rings (SSSR count). The van der Waals surface area contributed by atoms with Gasteiger partial charge in [0, 0.05) is 17.1 Å². The molecule has 0 aliphatic heterocycles. The molecule has 1 aromatic carbocycles. The van der Waals surface area contributed by atoms with E-state index in [1.165, 1.54) is 17.9 Å². The maximum atomic E-state index is 9.42. The zero-order chi connectivity index (χ0) is 9.97. The SMILES string of the molecule is Cc1c(O)cccc1Oc1ncns1. The molecule has 0 bridgehead atoms. The van der Waals surface area contributed by atoms with E-state index >= 15 is 0 Å². The molecule has 0 saturated heterocycles. The lowest BCUT2D eigenvalue weighted by atomic mass is 10.2. The number of rotatable bonds is 2. The summed E-state index contributed by atoms with van der Waals surface area (Å²) in [5.74, 6) is 0.814. The van der Waals surface area contributed by atoms with Crippen LogP contribution in [0.25, 0.3) is 0 Å². The normalized spacial score (nSPS) is 10.1. The highest BCUT2D eigenvalue weighted by Crippen LogP contribution is 2.30. The van der Waals surface area contributed by atoms with Crippen molar-refractivity contribution in [3.63, 3.8) is 0 Å². The van der Waals surface area contributed by atoms with E-state index in [1.54, 1.807) is 25.1 Å². The number of hydrogen-bond acceptors (Lipinski definition) is 5. The number of phenolic OH excluding ortho intramolecular Hbond substituents is 1. The highest BCUT2D eigenvalue weighted by Gasteiger charge is 2.06. The van der Waals surface area contributed by atoms with Crippen LogP contribution in [-0.2, 0) is 0 Å². The Bertz CT molecular complexity index is 428. The lowest BCUT2D eigenvalue weighted by molar-refractivity contribution is 0.447. The molecule has 0 radical (unpaired) electrons. The van der Waals surface area contributed by atoms with Gasteiger partial charge in [-0.2, -0.15) is 9.36 Å². The van der Waals surface area contributed by atoms with Gasteiger partial charge in [0.25, 0.3) is 5.19 Å². The number of hydrogen-bond donors (Lipinski definition) is 1. The molecule has 0 unspecified atom stereocenters. The number of benzene rings is 1. The van der Waals surface area contributed by atoms with E-state index in [9.17, 15) is 5.11 Å². The average molecular weight is 208 g/mol. The van der Waals surface area contributed by atoms with Crippen LogP contribution < -0.4 is 4.74 Å². The van der Waals surface area contributed by atoms with Gasteiger partial charge < -0.3 is 9.84 Å². The van der Waals surface area contributed by atoms with Crippen LogP contribution in [0.3, 0.4) is 0 Å². The smallest absolute Gasteiger partial charge is 0.298 e. The Hall–Kier alpha value is -1.62. The maximum Gasteiger partial charge on any atom is 0.298 e. The minimum atomic E-state index is 0.215. The van der Waals surface area contributed by atoms with Crippen molar-refractivity contribution in [1.29, 1.82) is 0 Å². The first-order valence-corrected chi connectivity index (χ1v) is 4.78. The van der Waals surface area contributed by atoms with E-state index in [0.717, 1.165) is 0 Å². The third-order valence-corrected chi connectivity index (χ3v) is 2.34. The standard InChI is InChI=1S/C9H8N2O2S/c1-6-7(12)3-2-4-8(6)13-9-10-5-11-14-9/h2-5,12H,1H3. The fourth-order valence-electron chi connectivity index (χ4n) is 1.02. The zero-order valence-electron chi connectivity index (χ0n) is 7.47. The molecular formula is C9H8N2O2S. The van der Waals surface area contributed by atoms with Gasteiger partial charge in [-0.05, 0) is 19.1 Å². The second kappa shape index (κ2) is 3.63. The van der Waals surface area contributed by atoms with Gasteiger partial charge in [0.2, 0.25) is 0 Å². The maximum absolute atomic E-state index is 9.42. The van der Waals surface area contributed by atoms with Gasteiger partial charge in [-0.3, -0.25) is 0 Å². The Balaban J connectivity index is 2.29. The van der Waals surface area contributed by atoms with Gasteiger partial charge in [-0.15, -0.1) is 0 Å². The molecule has 14 heavy (non-hydrogen) atoms. The average Bonchev–Trinajstić information content (AvgIpc) is 2.66. The van der Waals surface area contributed by atoms with Gasteiger partial charge in [0.1, 0.15) is 17.8 Å². The Morgan fingerprint density at radius 3 is 3.00 bits per heavy atom. The predicted molar refractivity (Wildman–Crippen MR) is 52.8 cm³/mol. The lowest BCUT2D eigenvalue weighted by Crippen LogP contribution is -1.86. The number of aromatic nitrogens is 2. The first kappa shape index (κ1) is 8.96. The van der Waals surface area contributed by atoms with E-state index < -0.39 is 0 Å². The van der Waals surface area contributed by atoms with Crippen molar-refractivity contribution in [2.75, 3.05) is 0 Å². The molecule has 5 heteroatoms. The number of phenols is 1. The summed E-state index contributed by atoms with van der Waals surface area (Å²) in [6.45, 7) is 1.78. The number of aromatic hydroxyl groups is 1. The summed E-state index contributed by atoms with van der Waals surface area (Å²) in [4.78, 5) is 3.89. The molecule has 1 N–H and O–H groups in total. The molecule has 0 fully saturated rings. The Morgan fingerprint density at radius 1 is 1.43 bits per heavy atom. The second-order valence-corrected chi connectivity index (χ2v) is 3.45. The monoisotopic (exact) mass is 208 g/mol. The Kier molecular flexibility index (Phi) is 2.32. The Morgan fingerprint density at radius 2 is 2.29 bits per heavy atom. The van der Waals surface area contributed by atoms with Crippen molar-refractivity contribution in [3.8, 4) is 16.7 Å². The van der Waals surface area contributed by atoms with Crippen molar-refractivity contribution in [1.82, 2.24) is 9.36 Å². The molecule has 0 aliphatic rings. The first-order valence-electron chi connectivity index (χ1n) is 4.00. The summed E-state index contributed by atoms with van der Waals surface area (Å²) < 4.78 is 9.23. The molecule has 1 heterocycles. The van der Waals surface area contributed by atoms with Crippen LogP contribution >= 0.6 is 11.5 Å². The zero-order valence-corrected chi connectivity index (χ0v) is 8.28. The minimum absolute atomic E-state index is 0.215. The topological polar surface area (TPSA) is 55.2 Å². The van der Waals surface area contributed by atoms with E-state index in [2.05, 4.69) is 9.36 Å². The van der Waals surface area contributed by atoms with Crippen LogP contribution in [0.4, 0.5) is 0 Å².